The maximum absolute atomic E-state index is 6.43. The molecule has 0 N–H and O–H groups in total. The summed E-state index contributed by atoms with van der Waals surface area (Å²) in [5.41, 5.74) is 2.23. The zero-order valence-corrected chi connectivity index (χ0v) is 23.5. The summed E-state index contributed by atoms with van der Waals surface area (Å²) < 4.78 is 25.5. The molecule has 0 spiro atoms. The van der Waals surface area contributed by atoms with Crippen LogP contribution in [0.15, 0.2) is 109 Å². The van der Waals surface area contributed by atoms with Crippen LogP contribution in [-0.2, 0) is 0 Å². The normalized spacial score (nSPS) is 23.8. The van der Waals surface area contributed by atoms with Crippen molar-refractivity contribution in [2.45, 2.75) is 24.3 Å². The number of fused-ring (bicyclic) bond motifs is 6. The first-order valence-corrected chi connectivity index (χ1v) is 14.6. The first-order chi connectivity index (χ1) is 20.8. The van der Waals surface area contributed by atoms with Crippen LogP contribution in [0, 0.1) is 11.8 Å². The van der Waals surface area contributed by atoms with Crippen molar-refractivity contribution in [3.05, 3.63) is 120 Å². The third kappa shape index (κ3) is 5.54. The maximum atomic E-state index is 6.43. The van der Waals surface area contributed by atoms with E-state index in [0.29, 0.717) is 26.3 Å². The Balaban J connectivity index is 1.15. The van der Waals surface area contributed by atoms with Crippen molar-refractivity contribution in [2.24, 2.45) is 0 Å². The minimum atomic E-state index is 0.0108. The molecule has 0 aliphatic carbocycles. The molecule has 3 aliphatic heterocycles. The molecule has 0 radical (unpaired) electrons. The Kier molecular flexibility index (Phi) is 7.69. The molecule has 3 aliphatic rings. The monoisotopic (exact) mass is 558 g/mol. The highest BCUT2D eigenvalue weighted by Gasteiger charge is 2.44. The van der Waals surface area contributed by atoms with Gasteiger partial charge in [-0.05, 0) is 36.4 Å². The third-order valence-corrected chi connectivity index (χ3v) is 8.14. The number of hydrogen-bond acceptors (Lipinski definition) is 6. The van der Waals surface area contributed by atoms with Crippen LogP contribution in [0.25, 0.3) is 0 Å². The van der Waals surface area contributed by atoms with Gasteiger partial charge in [0.2, 0.25) is 0 Å². The van der Waals surface area contributed by atoms with Crippen LogP contribution in [0.4, 0.5) is 0 Å². The Bertz CT molecular complexity index is 1440. The van der Waals surface area contributed by atoms with E-state index in [1.807, 2.05) is 84.9 Å². The molecule has 4 aromatic rings. The number of benzene rings is 4. The van der Waals surface area contributed by atoms with Crippen LogP contribution in [0.3, 0.4) is 0 Å². The molecule has 4 aromatic carbocycles. The molecule has 7 rings (SSSR count). The summed E-state index contributed by atoms with van der Waals surface area (Å²) in [4.78, 5) is 4.74. The van der Waals surface area contributed by atoms with Crippen LogP contribution in [0.5, 0.6) is 23.0 Å². The highest BCUT2D eigenvalue weighted by Crippen LogP contribution is 2.42. The van der Waals surface area contributed by atoms with E-state index in [1.165, 1.54) is 0 Å². The minimum Gasteiger partial charge on any atom is -0.490 e. The van der Waals surface area contributed by atoms with Crippen molar-refractivity contribution in [1.29, 1.82) is 0 Å². The second-order valence-electron chi connectivity index (χ2n) is 10.8. The van der Waals surface area contributed by atoms with E-state index in [2.05, 4.69) is 45.9 Å². The Hall–Kier alpha value is -4.44. The van der Waals surface area contributed by atoms with Gasteiger partial charge in [0, 0.05) is 24.2 Å². The minimum absolute atomic E-state index is 0.0108. The Labute approximate surface area is 247 Å². The van der Waals surface area contributed by atoms with Crippen molar-refractivity contribution >= 4 is 0 Å². The largest absolute Gasteiger partial charge is 0.490 e. The fraction of sp³-hybridized carbons (Fsp3) is 0.278. The summed E-state index contributed by atoms with van der Waals surface area (Å²) in [5, 5.41) is 0. The van der Waals surface area contributed by atoms with E-state index in [4.69, 9.17) is 18.9 Å². The summed E-state index contributed by atoms with van der Waals surface area (Å²) in [6.07, 6.45) is 0.0215. The fourth-order valence-corrected chi connectivity index (χ4v) is 6.09. The molecule has 6 heteroatoms. The molecule has 212 valence electrons. The SMILES string of the molecule is C1#CCN2C[C@H](Oc3ccccc3)[C@@H]2c2ccccc2OCCOc2ccccc2[C@H]2[C@@H](Oc3ccccc3)CN2C1. The number of rotatable bonds is 4. The lowest BCUT2D eigenvalue weighted by Crippen LogP contribution is -2.57. The molecule has 0 bridgehead atoms. The molecule has 6 nitrogen and oxygen atoms in total. The van der Waals surface area contributed by atoms with Gasteiger partial charge in [0.05, 0.1) is 25.2 Å². The maximum Gasteiger partial charge on any atom is 0.131 e. The summed E-state index contributed by atoms with van der Waals surface area (Å²) in [7, 11) is 0. The van der Waals surface area contributed by atoms with Crippen LogP contribution in [-0.4, -0.2) is 61.4 Å². The first-order valence-electron chi connectivity index (χ1n) is 14.6. The van der Waals surface area contributed by atoms with Gasteiger partial charge in [-0.25, -0.2) is 0 Å². The molecular formula is C36H34N2O4. The van der Waals surface area contributed by atoms with E-state index in [1.54, 1.807) is 0 Å². The van der Waals surface area contributed by atoms with Crippen molar-refractivity contribution in [3.8, 4) is 34.8 Å². The predicted octanol–water partition coefficient (Wildman–Crippen LogP) is 5.77. The van der Waals surface area contributed by atoms with Gasteiger partial charge in [-0.15, -0.1) is 0 Å². The van der Waals surface area contributed by atoms with E-state index in [-0.39, 0.29) is 24.3 Å². The van der Waals surface area contributed by atoms with E-state index in [0.717, 1.165) is 47.2 Å². The van der Waals surface area contributed by atoms with Gasteiger partial charge in [0.1, 0.15) is 48.4 Å². The van der Waals surface area contributed by atoms with Gasteiger partial charge < -0.3 is 18.9 Å². The van der Waals surface area contributed by atoms with Crippen molar-refractivity contribution < 1.29 is 18.9 Å². The average molecular weight is 559 g/mol. The zero-order valence-electron chi connectivity index (χ0n) is 23.5. The number of hydrogen-bond donors (Lipinski definition) is 0. The quantitative estimate of drug-likeness (QED) is 0.297. The van der Waals surface area contributed by atoms with E-state index >= 15 is 0 Å². The molecule has 0 saturated carbocycles. The third-order valence-electron chi connectivity index (χ3n) is 8.14. The summed E-state index contributed by atoms with van der Waals surface area (Å²) in [6, 6.07) is 36.6. The van der Waals surface area contributed by atoms with Crippen LogP contribution in [0.2, 0.25) is 0 Å². The van der Waals surface area contributed by atoms with Crippen molar-refractivity contribution in [3.63, 3.8) is 0 Å². The highest BCUT2D eigenvalue weighted by atomic mass is 16.5. The molecule has 0 aromatic heterocycles. The molecule has 42 heavy (non-hydrogen) atoms. The first kappa shape index (κ1) is 26.5. The molecule has 3 heterocycles. The second-order valence-corrected chi connectivity index (χ2v) is 10.8. The number of ether oxygens (including phenoxy) is 4. The van der Waals surface area contributed by atoms with Crippen molar-refractivity contribution in [2.75, 3.05) is 39.4 Å². The zero-order chi connectivity index (χ0) is 28.1. The standard InChI is InChI=1S/C36H34N2O4/c1-3-13-27(14-4-1)41-33-25-37-21-11-12-22-38-26-34(42-28-15-5-2-6-16-28)36(38)30-18-8-10-20-32(30)40-24-23-39-31-19-9-7-17-29(31)35(33)37/h1-10,13-20,33-36H,21-26H2/t33-,34-,35-,36-/m0/s1. The highest BCUT2D eigenvalue weighted by molar-refractivity contribution is 5.41. The lowest BCUT2D eigenvalue weighted by molar-refractivity contribution is -0.0418. The lowest BCUT2D eigenvalue weighted by atomic mass is 9.90. The topological polar surface area (TPSA) is 43.4 Å². The van der Waals surface area contributed by atoms with Crippen molar-refractivity contribution in [1.82, 2.24) is 9.80 Å². The molecule has 4 atom stereocenters. The molecule has 2 saturated heterocycles. The van der Waals surface area contributed by atoms with Gasteiger partial charge in [-0.1, -0.05) is 84.6 Å². The van der Waals surface area contributed by atoms with Crippen LogP contribution in [0.1, 0.15) is 23.2 Å². The number of para-hydroxylation sites is 4. The predicted molar refractivity (Wildman–Crippen MR) is 162 cm³/mol. The van der Waals surface area contributed by atoms with Gasteiger partial charge in [0.25, 0.3) is 0 Å². The Morgan fingerprint density at radius 2 is 0.929 bits per heavy atom. The smallest absolute Gasteiger partial charge is 0.131 e. The van der Waals surface area contributed by atoms with Gasteiger partial charge >= 0.3 is 0 Å². The second kappa shape index (κ2) is 12.2. The lowest BCUT2D eigenvalue weighted by Gasteiger charge is -2.48. The van der Waals surface area contributed by atoms with Gasteiger partial charge in [-0.2, -0.15) is 0 Å². The van der Waals surface area contributed by atoms with E-state index < -0.39 is 0 Å². The molecular weight excluding hydrogens is 524 g/mol. The summed E-state index contributed by atoms with van der Waals surface area (Å²) >= 11 is 0. The Morgan fingerprint density at radius 1 is 0.524 bits per heavy atom. The van der Waals surface area contributed by atoms with Gasteiger partial charge in [0.15, 0.2) is 0 Å². The summed E-state index contributed by atoms with van der Waals surface area (Å²) in [5.74, 6) is 10.4. The summed E-state index contributed by atoms with van der Waals surface area (Å²) in [6.45, 7) is 3.79. The average Bonchev–Trinajstić information content (AvgIpc) is 3.01. The van der Waals surface area contributed by atoms with Gasteiger partial charge in [-0.3, -0.25) is 9.80 Å². The Morgan fingerprint density at radius 3 is 1.38 bits per heavy atom. The fourth-order valence-electron chi connectivity index (χ4n) is 6.09. The molecule has 2 fully saturated rings. The van der Waals surface area contributed by atoms with Crippen LogP contribution >= 0.6 is 0 Å². The van der Waals surface area contributed by atoms with E-state index in [9.17, 15) is 0 Å². The number of nitrogens with zero attached hydrogens (tertiary/aromatic N) is 2. The van der Waals surface area contributed by atoms with Crippen LogP contribution < -0.4 is 18.9 Å². The molecule has 0 amide bonds. The molecule has 0 unspecified atom stereocenters.